The van der Waals surface area contributed by atoms with E-state index in [2.05, 4.69) is 37.9 Å². The van der Waals surface area contributed by atoms with Gasteiger partial charge in [0.05, 0.1) is 5.69 Å². The molecule has 0 saturated heterocycles. The number of nitrogen functional groups attached to an aromatic ring is 1. The van der Waals surface area contributed by atoms with Crippen LogP contribution in [-0.4, -0.2) is 4.98 Å². The number of aromatic nitrogens is 1. The van der Waals surface area contributed by atoms with Crippen molar-refractivity contribution >= 4 is 6.01 Å². The average molecular weight is 244 g/mol. The molecule has 0 aliphatic rings. The van der Waals surface area contributed by atoms with Crippen molar-refractivity contribution in [3.8, 4) is 0 Å². The molecule has 2 rings (SSSR count). The highest BCUT2D eigenvalue weighted by Gasteiger charge is 2.09. The highest BCUT2D eigenvalue weighted by molar-refractivity contribution is 5.38. The van der Waals surface area contributed by atoms with Crippen molar-refractivity contribution in [2.45, 2.75) is 40.5 Å². The summed E-state index contributed by atoms with van der Waals surface area (Å²) < 4.78 is 5.25. The maximum absolute atomic E-state index is 5.55. The summed E-state index contributed by atoms with van der Waals surface area (Å²) in [5.41, 5.74) is 11.9. The standard InChI is InChI=1S/C15H20N2O/c1-9-7-10(2)13(11(3)8-9)5-6-14-12(4)18-15(16)17-14/h7-8H,5-6H2,1-4H3,(H2,16,17). The first-order chi connectivity index (χ1) is 8.47. The van der Waals surface area contributed by atoms with Crippen molar-refractivity contribution in [2.75, 3.05) is 5.73 Å². The van der Waals surface area contributed by atoms with Crippen molar-refractivity contribution in [3.05, 3.63) is 45.8 Å². The zero-order chi connectivity index (χ0) is 13.3. The molecule has 0 spiro atoms. The molecule has 0 atom stereocenters. The molecule has 1 aromatic carbocycles. The summed E-state index contributed by atoms with van der Waals surface area (Å²) in [5, 5.41) is 0. The van der Waals surface area contributed by atoms with Crippen LogP contribution in [0.15, 0.2) is 16.5 Å². The Morgan fingerprint density at radius 3 is 2.17 bits per heavy atom. The minimum absolute atomic E-state index is 0.264. The van der Waals surface area contributed by atoms with Gasteiger partial charge in [-0.25, -0.2) is 0 Å². The van der Waals surface area contributed by atoms with Gasteiger partial charge in [-0.2, -0.15) is 4.98 Å². The molecule has 0 unspecified atom stereocenters. The van der Waals surface area contributed by atoms with E-state index in [-0.39, 0.29) is 6.01 Å². The van der Waals surface area contributed by atoms with Gasteiger partial charge >= 0.3 is 0 Å². The van der Waals surface area contributed by atoms with Crippen molar-refractivity contribution in [1.82, 2.24) is 4.98 Å². The summed E-state index contributed by atoms with van der Waals surface area (Å²) in [5.74, 6) is 0.829. The molecule has 1 heterocycles. The van der Waals surface area contributed by atoms with Gasteiger partial charge in [-0.05, 0) is 57.2 Å². The third-order valence-electron chi connectivity index (χ3n) is 3.36. The Morgan fingerprint density at radius 2 is 1.67 bits per heavy atom. The molecule has 96 valence electrons. The van der Waals surface area contributed by atoms with Crippen LogP contribution in [-0.2, 0) is 12.8 Å². The van der Waals surface area contributed by atoms with Gasteiger partial charge < -0.3 is 10.2 Å². The summed E-state index contributed by atoms with van der Waals surface area (Å²) >= 11 is 0. The molecule has 18 heavy (non-hydrogen) atoms. The summed E-state index contributed by atoms with van der Waals surface area (Å²) in [6.45, 7) is 8.37. The number of anilines is 1. The Kier molecular flexibility index (Phi) is 3.41. The van der Waals surface area contributed by atoms with Crippen molar-refractivity contribution < 1.29 is 4.42 Å². The first-order valence-electron chi connectivity index (χ1n) is 6.26. The van der Waals surface area contributed by atoms with E-state index < -0.39 is 0 Å². The number of hydrogen-bond donors (Lipinski definition) is 1. The number of nitrogens with two attached hydrogens (primary N) is 1. The Morgan fingerprint density at radius 1 is 1.06 bits per heavy atom. The van der Waals surface area contributed by atoms with Gasteiger partial charge in [0.2, 0.25) is 0 Å². The molecule has 2 N–H and O–H groups in total. The summed E-state index contributed by atoms with van der Waals surface area (Å²) in [7, 11) is 0. The molecule has 3 heteroatoms. The fourth-order valence-corrected chi connectivity index (χ4v) is 2.53. The van der Waals surface area contributed by atoms with Crippen molar-refractivity contribution in [2.24, 2.45) is 0 Å². The number of benzene rings is 1. The maximum Gasteiger partial charge on any atom is 0.292 e. The maximum atomic E-state index is 5.55. The molecule has 0 fully saturated rings. The zero-order valence-corrected chi connectivity index (χ0v) is 11.5. The first kappa shape index (κ1) is 12.7. The molecule has 0 bridgehead atoms. The predicted octanol–water partition coefficient (Wildman–Crippen LogP) is 3.28. The first-order valence-corrected chi connectivity index (χ1v) is 6.26. The molecule has 0 aliphatic carbocycles. The lowest BCUT2D eigenvalue weighted by Gasteiger charge is -2.10. The van der Waals surface area contributed by atoms with Gasteiger partial charge in [-0.3, -0.25) is 0 Å². The molecular weight excluding hydrogens is 224 g/mol. The predicted molar refractivity (Wildman–Crippen MR) is 73.7 cm³/mol. The van der Waals surface area contributed by atoms with Crippen LogP contribution in [0.5, 0.6) is 0 Å². The molecule has 0 saturated carbocycles. The highest BCUT2D eigenvalue weighted by Crippen LogP contribution is 2.20. The van der Waals surface area contributed by atoms with E-state index in [0.29, 0.717) is 0 Å². The minimum atomic E-state index is 0.264. The van der Waals surface area contributed by atoms with Crippen LogP contribution in [0.1, 0.15) is 33.7 Å². The Labute approximate surface area is 108 Å². The van der Waals surface area contributed by atoms with Crippen LogP contribution in [0, 0.1) is 27.7 Å². The largest absolute Gasteiger partial charge is 0.429 e. The van der Waals surface area contributed by atoms with Crippen LogP contribution < -0.4 is 5.73 Å². The molecule has 3 nitrogen and oxygen atoms in total. The zero-order valence-electron chi connectivity index (χ0n) is 11.5. The lowest BCUT2D eigenvalue weighted by molar-refractivity contribution is 0.544. The lowest BCUT2D eigenvalue weighted by Crippen LogP contribution is -1.99. The quantitative estimate of drug-likeness (QED) is 0.901. The molecule has 2 aromatic rings. The summed E-state index contributed by atoms with van der Waals surface area (Å²) in [6.07, 6.45) is 1.85. The normalized spacial score (nSPS) is 10.9. The van der Waals surface area contributed by atoms with E-state index in [4.69, 9.17) is 10.2 Å². The van der Waals surface area contributed by atoms with E-state index in [0.717, 1.165) is 24.3 Å². The molecule has 0 radical (unpaired) electrons. The van der Waals surface area contributed by atoms with E-state index >= 15 is 0 Å². The Balaban J connectivity index is 2.18. The number of hydrogen-bond acceptors (Lipinski definition) is 3. The van der Waals surface area contributed by atoms with Crippen LogP contribution in [0.3, 0.4) is 0 Å². The second-order valence-electron chi connectivity index (χ2n) is 4.93. The highest BCUT2D eigenvalue weighted by atomic mass is 16.4. The van der Waals surface area contributed by atoms with Crippen molar-refractivity contribution in [3.63, 3.8) is 0 Å². The second-order valence-corrected chi connectivity index (χ2v) is 4.93. The van der Waals surface area contributed by atoms with Crippen LogP contribution in [0.2, 0.25) is 0 Å². The molecule has 0 aliphatic heterocycles. The van der Waals surface area contributed by atoms with E-state index in [1.165, 1.54) is 22.3 Å². The monoisotopic (exact) mass is 244 g/mol. The van der Waals surface area contributed by atoms with Gasteiger partial charge in [-0.1, -0.05) is 17.7 Å². The van der Waals surface area contributed by atoms with Gasteiger partial charge in [0.25, 0.3) is 6.01 Å². The average Bonchev–Trinajstić information content (AvgIpc) is 2.55. The minimum Gasteiger partial charge on any atom is -0.429 e. The van der Waals surface area contributed by atoms with Crippen LogP contribution in [0.25, 0.3) is 0 Å². The molecule has 1 aromatic heterocycles. The second kappa shape index (κ2) is 4.84. The van der Waals surface area contributed by atoms with E-state index in [1.807, 2.05) is 6.92 Å². The van der Waals surface area contributed by atoms with Gasteiger partial charge in [0.1, 0.15) is 5.76 Å². The number of oxazole rings is 1. The van der Waals surface area contributed by atoms with E-state index in [1.54, 1.807) is 0 Å². The van der Waals surface area contributed by atoms with Crippen LogP contribution >= 0.6 is 0 Å². The lowest BCUT2D eigenvalue weighted by atomic mass is 9.95. The number of nitrogens with zero attached hydrogens (tertiary/aromatic N) is 1. The topological polar surface area (TPSA) is 52.0 Å². The summed E-state index contributed by atoms with van der Waals surface area (Å²) in [6, 6.07) is 4.72. The Hall–Kier alpha value is -1.77. The SMILES string of the molecule is Cc1cc(C)c(CCc2nc(N)oc2C)c(C)c1. The third kappa shape index (κ3) is 2.55. The van der Waals surface area contributed by atoms with Crippen LogP contribution in [0.4, 0.5) is 6.01 Å². The molecule has 0 amide bonds. The number of rotatable bonds is 3. The fourth-order valence-electron chi connectivity index (χ4n) is 2.53. The Bertz CT molecular complexity index is 547. The van der Waals surface area contributed by atoms with E-state index in [9.17, 15) is 0 Å². The third-order valence-corrected chi connectivity index (χ3v) is 3.36. The summed E-state index contributed by atoms with van der Waals surface area (Å²) in [4.78, 5) is 4.21. The van der Waals surface area contributed by atoms with Crippen molar-refractivity contribution in [1.29, 1.82) is 0 Å². The smallest absolute Gasteiger partial charge is 0.292 e. The number of aryl methyl sites for hydroxylation is 5. The fraction of sp³-hybridized carbons (Fsp3) is 0.400. The molecular formula is C15H20N2O. The van der Waals surface area contributed by atoms with Gasteiger partial charge in [0.15, 0.2) is 0 Å². The van der Waals surface area contributed by atoms with Gasteiger partial charge in [-0.15, -0.1) is 0 Å². The van der Waals surface area contributed by atoms with Gasteiger partial charge in [0, 0.05) is 0 Å².